The molecule has 6 heteroatoms. The molecule has 35 heavy (non-hydrogen) atoms. The van der Waals surface area contributed by atoms with Crippen LogP contribution in [0, 0.1) is 6.92 Å². The lowest BCUT2D eigenvalue weighted by atomic mass is 9.93. The minimum Gasteiger partial charge on any atom is -0.394 e. The fourth-order valence-corrected chi connectivity index (χ4v) is 4.62. The molecular weight excluding hydrogens is 444 g/mol. The monoisotopic (exact) mass is 484 g/mol. The van der Waals surface area contributed by atoms with Crippen LogP contribution in [0.4, 0.5) is 0 Å². The summed E-state index contributed by atoms with van der Waals surface area (Å²) in [5, 5.41) is 20.4. The fourth-order valence-electron chi connectivity index (χ4n) is 4.62. The SMILES string of the molecule is C=C.CCCc1ccc(C2OC(C(O)CO)C3OC(c4ccc(C)cc4)OC(CCC)C3O2)cc1. The van der Waals surface area contributed by atoms with Gasteiger partial charge in [0.25, 0.3) is 0 Å². The zero-order valence-electron chi connectivity index (χ0n) is 21.1. The molecule has 2 aromatic carbocycles. The van der Waals surface area contributed by atoms with Crippen LogP contribution in [-0.4, -0.2) is 47.3 Å². The molecule has 0 saturated carbocycles. The zero-order valence-corrected chi connectivity index (χ0v) is 21.1. The number of hydrogen-bond acceptors (Lipinski definition) is 6. The summed E-state index contributed by atoms with van der Waals surface area (Å²) >= 11 is 0. The lowest BCUT2D eigenvalue weighted by Gasteiger charge is -2.50. The van der Waals surface area contributed by atoms with Gasteiger partial charge in [-0.1, -0.05) is 80.8 Å². The third kappa shape index (κ3) is 6.58. The summed E-state index contributed by atoms with van der Waals surface area (Å²) in [7, 11) is 0. The van der Waals surface area contributed by atoms with E-state index in [9.17, 15) is 10.2 Å². The molecule has 192 valence electrons. The molecule has 2 fully saturated rings. The summed E-state index contributed by atoms with van der Waals surface area (Å²) in [6, 6.07) is 16.2. The van der Waals surface area contributed by atoms with Gasteiger partial charge < -0.3 is 29.2 Å². The van der Waals surface area contributed by atoms with Crippen molar-refractivity contribution in [1.29, 1.82) is 0 Å². The van der Waals surface area contributed by atoms with Crippen LogP contribution in [0.15, 0.2) is 61.7 Å². The normalized spacial score (nSPS) is 28.9. The number of aliphatic hydroxyl groups excluding tert-OH is 2. The molecule has 0 aliphatic carbocycles. The van der Waals surface area contributed by atoms with Crippen LogP contribution in [0.25, 0.3) is 0 Å². The Bertz CT molecular complexity index is 883. The van der Waals surface area contributed by atoms with Crippen molar-refractivity contribution in [3.8, 4) is 0 Å². The van der Waals surface area contributed by atoms with Gasteiger partial charge in [-0.05, 0) is 25.3 Å². The van der Waals surface area contributed by atoms with Crippen LogP contribution < -0.4 is 0 Å². The average Bonchev–Trinajstić information content (AvgIpc) is 2.90. The molecule has 2 aliphatic rings. The second-order valence-corrected chi connectivity index (χ2v) is 9.08. The van der Waals surface area contributed by atoms with Crippen molar-refractivity contribution in [1.82, 2.24) is 0 Å². The van der Waals surface area contributed by atoms with Gasteiger partial charge in [0.15, 0.2) is 12.6 Å². The van der Waals surface area contributed by atoms with Gasteiger partial charge in [0, 0.05) is 11.1 Å². The molecule has 2 N–H and O–H groups in total. The lowest BCUT2D eigenvalue weighted by Crippen LogP contribution is -2.61. The van der Waals surface area contributed by atoms with Crippen LogP contribution in [0.2, 0.25) is 0 Å². The van der Waals surface area contributed by atoms with E-state index in [0.29, 0.717) is 0 Å². The first-order chi connectivity index (χ1) is 17.0. The minimum absolute atomic E-state index is 0.223. The molecular formula is C29H40O6. The van der Waals surface area contributed by atoms with Gasteiger partial charge in [-0.3, -0.25) is 0 Å². The third-order valence-corrected chi connectivity index (χ3v) is 6.43. The van der Waals surface area contributed by atoms with E-state index in [-0.39, 0.29) is 6.10 Å². The molecule has 7 atom stereocenters. The maximum absolute atomic E-state index is 10.7. The molecule has 2 heterocycles. The Morgan fingerprint density at radius 2 is 1.37 bits per heavy atom. The van der Waals surface area contributed by atoms with E-state index in [4.69, 9.17) is 18.9 Å². The number of ether oxygens (including phenoxy) is 4. The lowest BCUT2D eigenvalue weighted by molar-refractivity contribution is -0.391. The Morgan fingerprint density at radius 3 is 1.94 bits per heavy atom. The predicted octanol–water partition coefficient (Wildman–Crippen LogP) is 5.17. The maximum Gasteiger partial charge on any atom is 0.184 e. The summed E-state index contributed by atoms with van der Waals surface area (Å²) in [6.45, 7) is 11.9. The van der Waals surface area contributed by atoms with Gasteiger partial charge in [-0.15, -0.1) is 13.2 Å². The number of rotatable bonds is 8. The Labute approximate surface area is 209 Å². The highest BCUT2D eigenvalue weighted by molar-refractivity contribution is 5.25. The Hall–Kier alpha value is -2.06. The minimum atomic E-state index is -1.10. The Kier molecular flexibility index (Phi) is 10.5. The van der Waals surface area contributed by atoms with Crippen molar-refractivity contribution in [2.75, 3.05) is 6.61 Å². The van der Waals surface area contributed by atoms with Crippen molar-refractivity contribution < 1.29 is 29.2 Å². The number of aryl methyl sites for hydroxylation is 2. The van der Waals surface area contributed by atoms with Crippen molar-refractivity contribution >= 4 is 0 Å². The van der Waals surface area contributed by atoms with Crippen LogP contribution in [-0.2, 0) is 25.4 Å². The topological polar surface area (TPSA) is 77.4 Å². The smallest absolute Gasteiger partial charge is 0.184 e. The second kappa shape index (κ2) is 13.3. The van der Waals surface area contributed by atoms with E-state index in [0.717, 1.165) is 42.4 Å². The van der Waals surface area contributed by atoms with Crippen molar-refractivity contribution in [2.24, 2.45) is 0 Å². The molecule has 0 spiro atoms. The van der Waals surface area contributed by atoms with Crippen LogP contribution in [0.1, 0.15) is 67.9 Å². The van der Waals surface area contributed by atoms with E-state index in [1.807, 2.05) is 43.3 Å². The number of fused-ring (bicyclic) bond motifs is 1. The highest BCUT2D eigenvalue weighted by atomic mass is 16.8. The van der Waals surface area contributed by atoms with E-state index >= 15 is 0 Å². The first-order valence-electron chi connectivity index (χ1n) is 12.6. The van der Waals surface area contributed by atoms with E-state index in [1.54, 1.807) is 0 Å². The highest BCUT2D eigenvalue weighted by Gasteiger charge is 2.51. The van der Waals surface area contributed by atoms with Gasteiger partial charge in [-0.2, -0.15) is 0 Å². The number of hydrogen-bond donors (Lipinski definition) is 2. The second-order valence-electron chi connectivity index (χ2n) is 9.08. The first kappa shape index (κ1) is 27.5. The van der Waals surface area contributed by atoms with Gasteiger partial charge in [0.1, 0.15) is 24.4 Å². The van der Waals surface area contributed by atoms with Gasteiger partial charge in [-0.25, -0.2) is 0 Å². The first-order valence-corrected chi connectivity index (χ1v) is 12.6. The largest absolute Gasteiger partial charge is 0.394 e. The summed E-state index contributed by atoms with van der Waals surface area (Å²) in [4.78, 5) is 0. The summed E-state index contributed by atoms with van der Waals surface area (Å²) in [5.74, 6) is 0. The van der Waals surface area contributed by atoms with Crippen LogP contribution in [0.5, 0.6) is 0 Å². The molecule has 2 aromatic rings. The van der Waals surface area contributed by atoms with Gasteiger partial charge in [0.05, 0.1) is 12.7 Å². The molecule has 0 amide bonds. The van der Waals surface area contributed by atoms with E-state index in [1.165, 1.54) is 5.56 Å². The predicted molar refractivity (Wildman–Crippen MR) is 136 cm³/mol. The summed E-state index contributed by atoms with van der Waals surface area (Å²) < 4.78 is 25.3. The van der Waals surface area contributed by atoms with E-state index in [2.05, 4.69) is 39.1 Å². The Balaban J connectivity index is 0.00000167. The van der Waals surface area contributed by atoms with Crippen LogP contribution in [0.3, 0.4) is 0 Å². The molecule has 4 rings (SSSR count). The molecule has 7 unspecified atom stereocenters. The summed E-state index contributed by atoms with van der Waals surface area (Å²) in [6.07, 6.45) is -0.509. The molecule has 2 aliphatic heterocycles. The molecule has 0 radical (unpaired) electrons. The zero-order chi connectivity index (χ0) is 25.4. The molecule has 2 saturated heterocycles. The highest BCUT2D eigenvalue weighted by Crippen LogP contribution is 2.42. The average molecular weight is 485 g/mol. The molecule has 0 bridgehead atoms. The quantitative estimate of drug-likeness (QED) is 0.504. The number of aliphatic hydroxyl groups is 2. The standard InChI is InChI=1S/C27H36O6.C2H4/c1-4-6-18-10-14-20(15-11-18)27-31-23(21(29)16-28)25-24(32-27)22(7-5-2)30-26(33-25)19-12-8-17(3)9-13-19;1-2/h8-15,21-29H,4-7,16H2,1-3H3;1-2H2. The van der Waals surface area contributed by atoms with Crippen molar-refractivity contribution in [3.63, 3.8) is 0 Å². The van der Waals surface area contributed by atoms with Gasteiger partial charge in [0.2, 0.25) is 0 Å². The van der Waals surface area contributed by atoms with Crippen molar-refractivity contribution in [2.45, 2.75) is 89.6 Å². The third-order valence-electron chi connectivity index (χ3n) is 6.43. The maximum atomic E-state index is 10.7. The van der Waals surface area contributed by atoms with Crippen molar-refractivity contribution in [3.05, 3.63) is 83.9 Å². The Morgan fingerprint density at radius 1 is 0.800 bits per heavy atom. The fraction of sp³-hybridized carbons (Fsp3) is 0.517. The number of benzene rings is 2. The summed E-state index contributed by atoms with van der Waals surface area (Å²) in [5.41, 5.74) is 4.20. The van der Waals surface area contributed by atoms with E-state index < -0.39 is 43.6 Å². The molecule has 6 nitrogen and oxygen atoms in total. The van der Waals surface area contributed by atoms with Crippen LogP contribution >= 0.6 is 0 Å². The van der Waals surface area contributed by atoms with Gasteiger partial charge >= 0.3 is 0 Å². The molecule has 0 aromatic heterocycles.